The van der Waals surface area contributed by atoms with E-state index in [4.69, 9.17) is 0 Å². The lowest BCUT2D eigenvalue weighted by Gasteiger charge is -2.29. The van der Waals surface area contributed by atoms with Gasteiger partial charge < -0.3 is 0 Å². The summed E-state index contributed by atoms with van der Waals surface area (Å²) in [6, 6.07) is 0. The van der Waals surface area contributed by atoms with Gasteiger partial charge in [-0.25, -0.2) is 0 Å². The highest BCUT2D eigenvalue weighted by Crippen LogP contribution is 2.43. The van der Waals surface area contributed by atoms with E-state index in [-0.39, 0.29) is 0 Å². The summed E-state index contributed by atoms with van der Waals surface area (Å²) in [6.07, 6.45) is 12.2. The smallest absolute Gasteiger partial charge is 0.0419 e. The third-order valence-electron chi connectivity index (χ3n) is 4.15. The first-order valence-corrected chi connectivity index (χ1v) is 10.7. The molecule has 0 aliphatic rings. The summed E-state index contributed by atoms with van der Waals surface area (Å²) >= 11 is 8.16. The van der Waals surface area contributed by atoms with Crippen molar-refractivity contribution in [3.8, 4) is 0 Å². The van der Waals surface area contributed by atoms with Gasteiger partial charge in [0.2, 0.25) is 0 Å². The fraction of sp³-hybridized carbons (Fsp3) is 0.765. The summed E-state index contributed by atoms with van der Waals surface area (Å²) in [7, 11) is 0. The lowest BCUT2D eigenvalue weighted by atomic mass is 9.78. The molecule has 0 amide bonds. The third kappa shape index (κ3) is 5.60. The van der Waals surface area contributed by atoms with E-state index >= 15 is 0 Å². The van der Waals surface area contributed by atoms with Gasteiger partial charge in [-0.15, -0.1) is 11.3 Å². The maximum Gasteiger partial charge on any atom is 0.0419 e. The first-order chi connectivity index (χ1) is 9.55. The van der Waals surface area contributed by atoms with Gasteiger partial charge in [-0.3, -0.25) is 0 Å². The highest BCUT2D eigenvalue weighted by molar-refractivity contribution is 14.1. The molecule has 1 aromatic rings. The molecule has 0 aliphatic carbocycles. The number of halogens is 2. The minimum atomic E-state index is 0.385. The van der Waals surface area contributed by atoms with Crippen molar-refractivity contribution in [3.05, 3.63) is 18.3 Å². The Labute approximate surface area is 151 Å². The molecular formula is C17H28BrIS. The van der Waals surface area contributed by atoms with Gasteiger partial charge in [0.05, 0.1) is 0 Å². The third-order valence-corrected chi connectivity index (χ3v) is 8.59. The number of thiophene rings is 1. The Morgan fingerprint density at radius 2 is 1.60 bits per heavy atom. The van der Waals surface area contributed by atoms with Crippen LogP contribution in [0.2, 0.25) is 0 Å². The van der Waals surface area contributed by atoms with Crippen LogP contribution in [0.3, 0.4) is 0 Å². The largest absolute Gasteiger partial charge is 0.146 e. The Balaban J connectivity index is 2.74. The first kappa shape index (κ1) is 19.0. The lowest BCUT2D eigenvalue weighted by Crippen LogP contribution is -2.22. The van der Waals surface area contributed by atoms with Crippen LogP contribution in [0.5, 0.6) is 0 Å². The standard InChI is InChI=1S/C17H28BrIS/c1-4-6-8-10-12-17(3,11-9-7-5-2)16-15(19)14(18)13-20-16/h13H,4-12H2,1-3H3. The average Bonchev–Trinajstić information content (AvgIpc) is 2.76. The molecule has 0 saturated carbocycles. The molecule has 3 heteroatoms. The van der Waals surface area contributed by atoms with Gasteiger partial charge in [-0.2, -0.15) is 0 Å². The summed E-state index contributed by atoms with van der Waals surface area (Å²) in [5.74, 6) is 0. The number of rotatable bonds is 10. The van der Waals surface area contributed by atoms with Gasteiger partial charge in [0, 0.05) is 23.7 Å². The molecule has 0 radical (unpaired) electrons. The van der Waals surface area contributed by atoms with Crippen molar-refractivity contribution in [1.82, 2.24) is 0 Å². The number of hydrogen-bond donors (Lipinski definition) is 0. The molecule has 20 heavy (non-hydrogen) atoms. The predicted octanol–water partition coefficient (Wildman–Crippen LogP) is 7.92. The molecule has 1 aromatic heterocycles. The van der Waals surface area contributed by atoms with Crippen LogP contribution in [0.25, 0.3) is 0 Å². The van der Waals surface area contributed by atoms with Crippen molar-refractivity contribution in [2.45, 2.75) is 84.0 Å². The van der Waals surface area contributed by atoms with Crippen LogP contribution >= 0.6 is 49.9 Å². The minimum absolute atomic E-state index is 0.385. The Kier molecular flexibility index (Phi) is 9.32. The van der Waals surface area contributed by atoms with E-state index in [2.05, 4.69) is 64.7 Å². The highest BCUT2D eigenvalue weighted by Gasteiger charge is 2.30. The normalized spacial score (nSPS) is 14.4. The van der Waals surface area contributed by atoms with Crippen molar-refractivity contribution in [3.63, 3.8) is 0 Å². The molecule has 116 valence electrons. The molecule has 0 fully saturated rings. The zero-order valence-electron chi connectivity index (χ0n) is 13.1. The zero-order valence-corrected chi connectivity index (χ0v) is 17.7. The minimum Gasteiger partial charge on any atom is -0.146 e. The van der Waals surface area contributed by atoms with Crippen LogP contribution < -0.4 is 0 Å². The lowest BCUT2D eigenvalue weighted by molar-refractivity contribution is 0.370. The van der Waals surface area contributed by atoms with E-state index in [9.17, 15) is 0 Å². The van der Waals surface area contributed by atoms with E-state index in [1.54, 1.807) is 4.88 Å². The van der Waals surface area contributed by atoms with Gasteiger partial charge in [-0.1, -0.05) is 65.7 Å². The molecule has 0 saturated heterocycles. The summed E-state index contributed by atoms with van der Waals surface area (Å²) in [6.45, 7) is 7.08. The zero-order chi connectivity index (χ0) is 15.0. The molecule has 0 bridgehead atoms. The van der Waals surface area contributed by atoms with Gasteiger partial charge in [0.15, 0.2) is 0 Å². The molecular weight excluding hydrogens is 443 g/mol. The molecule has 0 aromatic carbocycles. The van der Waals surface area contributed by atoms with E-state index < -0.39 is 0 Å². The number of unbranched alkanes of at least 4 members (excludes halogenated alkanes) is 5. The van der Waals surface area contributed by atoms with Gasteiger partial charge in [0.1, 0.15) is 0 Å². The van der Waals surface area contributed by atoms with Crippen molar-refractivity contribution in [1.29, 1.82) is 0 Å². The topological polar surface area (TPSA) is 0 Å². The van der Waals surface area contributed by atoms with Crippen LogP contribution in [-0.4, -0.2) is 0 Å². The first-order valence-electron chi connectivity index (χ1n) is 7.98. The summed E-state index contributed by atoms with van der Waals surface area (Å²) < 4.78 is 2.73. The summed E-state index contributed by atoms with van der Waals surface area (Å²) in [4.78, 5) is 1.61. The van der Waals surface area contributed by atoms with Gasteiger partial charge in [-0.05, 0) is 51.4 Å². The Morgan fingerprint density at radius 3 is 2.10 bits per heavy atom. The maximum absolute atomic E-state index is 3.69. The van der Waals surface area contributed by atoms with Crippen molar-refractivity contribution < 1.29 is 0 Å². The fourth-order valence-electron chi connectivity index (χ4n) is 2.79. The number of hydrogen-bond acceptors (Lipinski definition) is 1. The Bertz CT molecular complexity index is 388. The molecule has 1 unspecified atom stereocenters. The van der Waals surface area contributed by atoms with Crippen molar-refractivity contribution >= 4 is 49.9 Å². The van der Waals surface area contributed by atoms with Crippen LogP contribution in [0.15, 0.2) is 9.85 Å². The van der Waals surface area contributed by atoms with E-state index in [1.807, 2.05) is 11.3 Å². The summed E-state index contributed by atoms with van der Waals surface area (Å²) in [5, 5.41) is 2.27. The molecule has 0 nitrogen and oxygen atoms in total. The second-order valence-corrected chi connectivity index (χ2v) is 8.87. The molecule has 1 atom stereocenters. The molecule has 0 aliphatic heterocycles. The molecule has 1 heterocycles. The summed E-state index contributed by atoms with van der Waals surface area (Å²) in [5.41, 5.74) is 0.385. The highest BCUT2D eigenvalue weighted by atomic mass is 127. The molecule has 0 spiro atoms. The van der Waals surface area contributed by atoms with Crippen LogP contribution in [0.1, 0.15) is 83.4 Å². The fourth-order valence-corrected chi connectivity index (χ4v) is 5.84. The average molecular weight is 471 g/mol. The van der Waals surface area contributed by atoms with Crippen LogP contribution in [0, 0.1) is 3.57 Å². The quantitative estimate of drug-likeness (QED) is 0.240. The Hall–Kier alpha value is 0.910. The second kappa shape index (κ2) is 9.83. The van der Waals surface area contributed by atoms with E-state index in [0.29, 0.717) is 5.41 Å². The molecule has 0 N–H and O–H groups in total. The van der Waals surface area contributed by atoms with Gasteiger partial charge >= 0.3 is 0 Å². The van der Waals surface area contributed by atoms with E-state index in [1.165, 1.54) is 65.8 Å². The van der Waals surface area contributed by atoms with E-state index in [0.717, 1.165) is 0 Å². The maximum atomic E-state index is 3.69. The van der Waals surface area contributed by atoms with Crippen LogP contribution in [0.4, 0.5) is 0 Å². The SMILES string of the molecule is CCCCCCC(C)(CCCCC)c1scc(Br)c1I. The monoisotopic (exact) mass is 470 g/mol. The van der Waals surface area contributed by atoms with Crippen molar-refractivity contribution in [2.75, 3.05) is 0 Å². The second-order valence-electron chi connectivity index (χ2n) is 6.06. The molecule has 1 rings (SSSR count). The Morgan fingerprint density at radius 1 is 1.05 bits per heavy atom. The van der Waals surface area contributed by atoms with Gasteiger partial charge in [0.25, 0.3) is 0 Å². The predicted molar refractivity (Wildman–Crippen MR) is 105 cm³/mol. The van der Waals surface area contributed by atoms with Crippen LogP contribution in [-0.2, 0) is 5.41 Å². The van der Waals surface area contributed by atoms with Crippen molar-refractivity contribution in [2.24, 2.45) is 0 Å².